The van der Waals surface area contributed by atoms with Crippen molar-refractivity contribution in [2.75, 3.05) is 29.3 Å². The minimum atomic E-state index is -3.78. The van der Waals surface area contributed by atoms with Crippen molar-refractivity contribution >= 4 is 39.4 Å². The molecular weight excluding hydrogens is 328 g/mol. The van der Waals surface area contributed by atoms with Crippen LogP contribution in [0.15, 0.2) is 24.3 Å². The predicted octanol–water partition coefficient (Wildman–Crippen LogP) is 0.909. The Hall–Kier alpha value is -1.74. The molecule has 118 valence electrons. The summed E-state index contributed by atoms with van der Waals surface area (Å²) in [6.07, 6.45) is 0. The summed E-state index contributed by atoms with van der Waals surface area (Å²) in [7, 11) is -2.35. The summed E-state index contributed by atoms with van der Waals surface area (Å²) < 4.78 is 30.4. The summed E-state index contributed by atoms with van der Waals surface area (Å²) >= 11 is 1.36. The molecule has 3 rings (SSSR count). The molecule has 2 fully saturated rings. The number of rotatable bonds is 2. The lowest BCUT2D eigenvalue weighted by Crippen LogP contribution is -2.41. The number of carbonyl (C=O) groups is 2. The number of amides is 3. The summed E-state index contributed by atoms with van der Waals surface area (Å²) in [4.78, 5) is 26.1. The van der Waals surface area contributed by atoms with E-state index in [1.165, 1.54) is 18.9 Å². The molecule has 1 aromatic carbocycles. The van der Waals surface area contributed by atoms with Crippen LogP contribution in [0.2, 0.25) is 0 Å². The van der Waals surface area contributed by atoms with Gasteiger partial charge in [0.15, 0.2) is 0 Å². The highest BCUT2D eigenvalue weighted by atomic mass is 32.2. The lowest BCUT2D eigenvalue weighted by Gasteiger charge is -2.18. The van der Waals surface area contributed by atoms with Gasteiger partial charge in [0.2, 0.25) is 10.0 Å². The van der Waals surface area contributed by atoms with Crippen molar-refractivity contribution < 1.29 is 22.7 Å². The van der Waals surface area contributed by atoms with Crippen molar-refractivity contribution in [1.29, 1.82) is 0 Å². The molecule has 0 saturated carbocycles. The van der Waals surface area contributed by atoms with Gasteiger partial charge in [0.25, 0.3) is 5.91 Å². The highest BCUT2D eigenvalue weighted by molar-refractivity contribution is 8.01. The Kier molecular flexibility index (Phi) is 3.77. The van der Waals surface area contributed by atoms with Gasteiger partial charge in [0.05, 0.1) is 18.6 Å². The number of thioether (sulfide) groups is 1. The predicted molar refractivity (Wildman–Crippen MR) is 82.6 cm³/mol. The minimum Gasteiger partial charge on any atom is -0.495 e. The number of para-hydroxylation sites is 2. The van der Waals surface area contributed by atoms with Gasteiger partial charge < -0.3 is 4.74 Å². The number of anilines is 1. The number of hydrogen-bond acceptors (Lipinski definition) is 6. The molecule has 1 atom stereocenters. The van der Waals surface area contributed by atoms with Gasteiger partial charge in [-0.1, -0.05) is 12.1 Å². The van der Waals surface area contributed by atoms with Gasteiger partial charge in [-0.2, -0.15) is 11.8 Å². The van der Waals surface area contributed by atoms with E-state index in [-0.39, 0.29) is 17.2 Å². The molecule has 2 aliphatic heterocycles. The van der Waals surface area contributed by atoms with Crippen LogP contribution < -0.4 is 9.64 Å². The Labute approximate surface area is 132 Å². The molecule has 9 heteroatoms. The number of fused-ring (bicyclic) bond motifs is 1. The zero-order chi connectivity index (χ0) is 15.9. The Balaban J connectivity index is 2.09. The van der Waals surface area contributed by atoms with Gasteiger partial charge in [-0.3, -0.25) is 4.79 Å². The minimum absolute atomic E-state index is 0.146. The average Bonchev–Trinajstić information content (AvgIpc) is 2.64. The van der Waals surface area contributed by atoms with E-state index < -0.39 is 28.0 Å². The summed E-state index contributed by atoms with van der Waals surface area (Å²) in [5.74, 6) is 0.312. The molecule has 0 spiro atoms. The van der Waals surface area contributed by atoms with E-state index in [0.717, 1.165) is 9.21 Å². The molecule has 7 nitrogen and oxygen atoms in total. The number of methoxy groups -OCH3 is 1. The number of carbonyl (C=O) groups excluding carboxylic acids is 2. The zero-order valence-electron chi connectivity index (χ0n) is 11.8. The van der Waals surface area contributed by atoms with E-state index in [1.807, 2.05) is 0 Å². The summed E-state index contributed by atoms with van der Waals surface area (Å²) in [6, 6.07) is 4.73. The SMILES string of the molecule is COc1ccccc1N1C(=O)[C@@H]2CSCCS(=O)(=O)N2C1=O. The smallest absolute Gasteiger partial charge is 0.345 e. The fraction of sp³-hybridized carbons (Fsp3) is 0.385. The van der Waals surface area contributed by atoms with Crippen LogP contribution in [0.1, 0.15) is 0 Å². The molecule has 2 saturated heterocycles. The first-order valence-electron chi connectivity index (χ1n) is 6.58. The van der Waals surface area contributed by atoms with Crippen LogP contribution in [-0.4, -0.2) is 55.1 Å². The molecule has 3 amide bonds. The average molecular weight is 342 g/mol. The van der Waals surface area contributed by atoms with Crippen LogP contribution in [0.25, 0.3) is 0 Å². The molecule has 0 N–H and O–H groups in total. The largest absolute Gasteiger partial charge is 0.495 e. The van der Waals surface area contributed by atoms with E-state index in [9.17, 15) is 18.0 Å². The molecule has 2 heterocycles. The maximum absolute atomic E-state index is 12.6. The Morgan fingerprint density at radius 1 is 1.27 bits per heavy atom. The van der Waals surface area contributed by atoms with Gasteiger partial charge in [0.1, 0.15) is 11.8 Å². The zero-order valence-corrected chi connectivity index (χ0v) is 13.4. The molecule has 2 aliphatic rings. The van der Waals surface area contributed by atoms with Crippen molar-refractivity contribution in [2.24, 2.45) is 0 Å². The lowest BCUT2D eigenvalue weighted by atomic mass is 10.2. The second-order valence-corrected chi connectivity index (χ2v) is 7.95. The van der Waals surface area contributed by atoms with E-state index in [4.69, 9.17) is 4.74 Å². The van der Waals surface area contributed by atoms with E-state index >= 15 is 0 Å². The Morgan fingerprint density at radius 2 is 2.00 bits per heavy atom. The third-order valence-electron chi connectivity index (χ3n) is 3.56. The van der Waals surface area contributed by atoms with Gasteiger partial charge >= 0.3 is 6.03 Å². The molecular formula is C13H14N2O5S2. The second kappa shape index (κ2) is 5.47. The third kappa shape index (κ3) is 2.24. The summed E-state index contributed by atoms with van der Waals surface area (Å²) in [5, 5.41) is 0. The topological polar surface area (TPSA) is 84.0 Å². The first-order chi connectivity index (χ1) is 10.5. The van der Waals surface area contributed by atoms with Crippen molar-refractivity contribution in [3.8, 4) is 5.75 Å². The number of sulfonamides is 1. The Bertz CT molecular complexity index is 734. The fourth-order valence-electron chi connectivity index (χ4n) is 2.52. The molecule has 0 unspecified atom stereocenters. The van der Waals surface area contributed by atoms with Crippen LogP contribution in [0.3, 0.4) is 0 Å². The summed E-state index contributed by atoms with van der Waals surface area (Å²) in [5.41, 5.74) is 0.258. The number of urea groups is 1. The third-order valence-corrected chi connectivity index (χ3v) is 6.59. The summed E-state index contributed by atoms with van der Waals surface area (Å²) in [6.45, 7) is 0. The van der Waals surface area contributed by atoms with Crippen LogP contribution in [0.5, 0.6) is 5.75 Å². The molecule has 0 bridgehead atoms. The van der Waals surface area contributed by atoms with Crippen molar-refractivity contribution in [3.63, 3.8) is 0 Å². The van der Waals surface area contributed by atoms with Crippen molar-refractivity contribution in [2.45, 2.75) is 6.04 Å². The normalized spacial score (nSPS) is 24.1. The van der Waals surface area contributed by atoms with E-state index in [0.29, 0.717) is 11.5 Å². The van der Waals surface area contributed by atoms with Gasteiger partial charge in [-0.25, -0.2) is 22.4 Å². The van der Waals surface area contributed by atoms with Gasteiger partial charge in [0, 0.05) is 11.5 Å². The number of nitrogens with zero attached hydrogens (tertiary/aromatic N) is 2. The number of imide groups is 1. The lowest BCUT2D eigenvalue weighted by molar-refractivity contribution is -0.118. The highest BCUT2D eigenvalue weighted by Gasteiger charge is 2.52. The number of benzene rings is 1. The van der Waals surface area contributed by atoms with Crippen LogP contribution in [0.4, 0.5) is 10.5 Å². The highest BCUT2D eigenvalue weighted by Crippen LogP contribution is 2.36. The maximum atomic E-state index is 12.6. The quantitative estimate of drug-likeness (QED) is 0.743. The first kappa shape index (κ1) is 15.2. The standard InChI is InChI=1S/C13H14N2O5S2/c1-20-11-5-3-2-4-9(11)14-12(16)10-8-21-6-7-22(18,19)15(10)13(14)17/h2-5,10H,6-8H2,1H3/t10-/m0/s1. The van der Waals surface area contributed by atoms with Crippen molar-refractivity contribution in [1.82, 2.24) is 4.31 Å². The van der Waals surface area contributed by atoms with E-state index in [2.05, 4.69) is 0 Å². The van der Waals surface area contributed by atoms with Gasteiger partial charge in [-0.05, 0) is 12.1 Å². The van der Waals surface area contributed by atoms with Crippen LogP contribution in [-0.2, 0) is 14.8 Å². The van der Waals surface area contributed by atoms with E-state index in [1.54, 1.807) is 24.3 Å². The molecule has 0 aliphatic carbocycles. The molecule has 22 heavy (non-hydrogen) atoms. The fourth-order valence-corrected chi connectivity index (χ4v) is 5.68. The van der Waals surface area contributed by atoms with Crippen LogP contribution >= 0.6 is 11.8 Å². The van der Waals surface area contributed by atoms with Gasteiger partial charge in [-0.15, -0.1) is 0 Å². The monoisotopic (exact) mass is 342 g/mol. The molecule has 1 aromatic rings. The number of hydrogen-bond donors (Lipinski definition) is 0. The first-order valence-corrected chi connectivity index (χ1v) is 9.34. The number of ether oxygens (including phenoxy) is 1. The van der Waals surface area contributed by atoms with Crippen molar-refractivity contribution in [3.05, 3.63) is 24.3 Å². The maximum Gasteiger partial charge on any atom is 0.345 e. The van der Waals surface area contributed by atoms with Crippen LogP contribution in [0, 0.1) is 0 Å². The second-order valence-electron chi connectivity index (χ2n) is 4.83. The Morgan fingerprint density at radius 3 is 2.73 bits per heavy atom. The molecule has 0 radical (unpaired) electrons. The molecule has 0 aromatic heterocycles.